The molecule has 4 atom stereocenters. The van der Waals surface area contributed by atoms with Crippen molar-refractivity contribution in [1.29, 1.82) is 0 Å². The number of carbonyl (C=O) groups excluding carboxylic acids is 1. The number of aromatic nitrogens is 2. The predicted octanol–water partition coefficient (Wildman–Crippen LogP) is 4.17. The second-order valence-corrected chi connectivity index (χ2v) is 8.54. The lowest BCUT2D eigenvalue weighted by Gasteiger charge is -2.44. The number of hydrogen-bond donors (Lipinski definition) is 3. The second-order valence-electron chi connectivity index (χ2n) is 8.54. The number of rotatable bonds is 5. The molecule has 35 heavy (non-hydrogen) atoms. The fourth-order valence-corrected chi connectivity index (χ4v) is 4.20. The summed E-state index contributed by atoms with van der Waals surface area (Å²) in [4.78, 5) is 20.8. The van der Waals surface area contributed by atoms with Gasteiger partial charge in [-0.3, -0.25) is 9.78 Å². The van der Waals surface area contributed by atoms with Crippen LogP contribution in [0.5, 0.6) is 0 Å². The summed E-state index contributed by atoms with van der Waals surface area (Å²) >= 11 is 0. The Labute approximate surface area is 199 Å². The van der Waals surface area contributed by atoms with Gasteiger partial charge in [-0.25, -0.2) is 18.2 Å². The number of halogens is 3. The van der Waals surface area contributed by atoms with Crippen LogP contribution in [0.2, 0.25) is 0 Å². The van der Waals surface area contributed by atoms with Crippen molar-refractivity contribution in [3.8, 4) is 11.3 Å². The first-order valence-electron chi connectivity index (χ1n) is 11.1. The number of benzene rings is 1. The molecule has 1 fully saturated rings. The standard InChI is InChI=1S/C25H24F3N3O4/c1-3-21-25(2,34)20(32)11-19(35-21)13-9-10-29-12-18(13)31-24(33)17-8-7-16(28)23(30-17)22-14(26)5-4-6-15(22)27/h4-10,12,19-21,32,34H,3,11H2,1-2H3,(H,31,33)/t19-,20-,21-,25+/m1/s1. The summed E-state index contributed by atoms with van der Waals surface area (Å²) in [5.41, 5.74) is -2.27. The van der Waals surface area contributed by atoms with Crippen LogP contribution in [0.3, 0.4) is 0 Å². The Balaban J connectivity index is 1.63. The van der Waals surface area contributed by atoms with E-state index in [-0.39, 0.29) is 17.8 Å². The molecule has 1 saturated heterocycles. The first-order chi connectivity index (χ1) is 16.6. The van der Waals surface area contributed by atoms with E-state index in [1.165, 1.54) is 19.3 Å². The van der Waals surface area contributed by atoms with Crippen LogP contribution in [0.1, 0.15) is 48.8 Å². The highest BCUT2D eigenvalue weighted by Crippen LogP contribution is 2.40. The summed E-state index contributed by atoms with van der Waals surface area (Å²) in [6.45, 7) is 3.33. The molecule has 184 valence electrons. The first kappa shape index (κ1) is 24.8. The normalized spacial score (nSPS) is 24.3. The number of anilines is 1. The molecule has 2 aromatic heterocycles. The Kier molecular flexibility index (Phi) is 6.88. The molecule has 3 heterocycles. The molecule has 10 heteroatoms. The summed E-state index contributed by atoms with van der Waals surface area (Å²) in [6.07, 6.45) is 1.01. The van der Waals surface area contributed by atoms with Crippen LogP contribution in [-0.2, 0) is 4.74 Å². The topological polar surface area (TPSA) is 105 Å². The van der Waals surface area contributed by atoms with E-state index in [1.807, 2.05) is 6.92 Å². The zero-order valence-corrected chi connectivity index (χ0v) is 19.0. The van der Waals surface area contributed by atoms with Gasteiger partial charge in [-0.1, -0.05) is 13.0 Å². The molecule has 1 aromatic carbocycles. The summed E-state index contributed by atoms with van der Waals surface area (Å²) in [7, 11) is 0. The fraction of sp³-hybridized carbons (Fsp3) is 0.320. The molecule has 7 nitrogen and oxygen atoms in total. The average molecular weight is 487 g/mol. The van der Waals surface area contributed by atoms with Crippen LogP contribution in [-0.4, -0.2) is 43.9 Å². The number of hydrogen-bond acceptors (Lipinski definition) is 6. The molecule has 0 saturated carbocycles. The van der Waals surface area contributed by atoms with Gasteiger partial charge in [0.1, 0.15) is 34.4 Å². The number of aliphatic hydroxyl groups is 2. The number of aliphatic hydroxyl groups excluding tert-OH is 1. The van der Waals surface area contributed by atoms with Crippen LogP contribution in [0.25, 0.3) is 11.3 Å². The summed E-state index contributed by atoms with van der Waals surface area (Å²) in [6, 6.07) is 6.68. The Morgan fingerprint density at radius 2 is 1.89 bits per heavy atom. The lowest BCUT2D eigenvalue weighted by molar-refractivity contribution is -0.221. The molecule has 3 aromatic rings. The van der Waals surface area contributed by atoms with E-state index in [9.17, 15) is 28.2 Å². The van der Waals surface area contributed by atoms with Crippen LogP contribution in [0.4, 0.5) is 18.9 Å². The third kappa shape index (κ3) is 4.77. The van der Waals surface area contributed by atoms with E-state index in [0.29, 0.717) is 12.0 Å². The summed E-state index contributed by atoms with van der Waals surface area (Å²) in [5, 5.41) is 23.7. The van der Waals surface area contributed by atoms with Gasteiger partial charge in [-0.15, -0.1) is 0 Å². The van der Waals surface area contributed by atoms with Gasteiger partial charge in [0.15, 0.2) is 0 Å². The minimum absolute atomic E-state index is 0.0713. The maximum Gasteiger partial charge on any atom is 0.274 e. The molecule has 0 bridgehead atoms. The lowest BCUT2D eigenvalue weighted by Crippen LogP contribution is -2.55. The minimum atomic E-state index is -1.43. The monoisotopic (exact) mass is 487 g/mol. The van der Waals surface area contributed by atoms with Gasteiger partial charge >= 0.3 is 0 Å². The van der Waals surface area contributed by atoms with Crippen molar-refractivity contribution in [3.63, 3.8) is 0 Å². The average Bonchev–Trinajstić information content (AvgIpc) is 2.82. The van der Waals surface area contributed by atoms with Gasteiger partial charge in [0.05, 0.1) is 35.8 Å². The zero-order chi connectivity index (χ0) is 25.3. The minimum Gasteiger partial charge on any atom is -0.390 e. The van der Waals surface area contributed by atoms with E-state index in [4.69, 9.17) is 4.74 Å². The highest BCUT2D eigenvalue weighted by molar-refractivity contribution is 6.03. The third-order valence-corrected chi connectivity index (χ3v) is 6.19. The Morgan fingerprint density at radius 1 is 1.17 bits per heavy atom. The SMILES string of the molecule is CC[C@H]1O[C@@H](c2ccncc2NC(=O)c2ccc(F)c(-c3c(F)cccc3F)n2)C[C@@H](O)[C@]1(C)O. The molecular weight excluding hydrogens is 463 g/mol. The number of carbonyl (C=O) groups is 1. The van der Waals surface area contributed by atoms with Crippen molar-refractivity contribution in [3.05, 3.63) is 77.5 Å². The van der Waals surface area contributed by atoms with Crippen molar-refractivity contribution in [2.45, 2.75) is 50.6 Å². The Bertz CT molecular complexity index is 1230. The number of pyridine rings is 2. The Morgan fingerprint density at radius 3 is 2.57 bits per heavy atom. The zero-order valence-electron chi connectivity index (χ0n) is 19.0. The first-order valence-corrected chi connectivity index (χ1v) is 11.1. The number of nitrogens with zero attached hydrogens (tertiary/aromatic N) is 2. The molecule has 1 amide bonds. The highest BCUT2D eigenvalue weighted by atomic mass is 19.1. The van der Waals surface area contributed by atoms with Gasteiger partial charge in [0.2, 0.25) is 0 Å². The highest BCUT2D eigenvalue weighted by Gasteiger charge is 2.46. The molecule has 0 aliphatic carbocycles. The van der Waals surface area contributed by atoms with Crippen LogP contribution in [0, 0.1) is 17.5 Å². The molecule has 1 aliphatic rings. The summed E-state index contributed by atoms with van der Waals surface area (Å²) in [5.74, 6) is -3.79. The van der Waals surface area contributed by atoms with E-state index < -0.39 is 58.5 Å². The van der Waals surface area contributed by atoms with Crippen molar-refractivity contribution in [1.82, 2.24) is 9.97 Å². The predicted molar refractivity (Wildman–Crippen MR) is 121 cm³/mol. The van der Waals surface area contributed by atoms with Crippen molar-refractivity contribution >= 4 is 11.6 Å². The third-order valence-electron chi connectivity index (χ3n) is 6.19. The molecule has 0 spiro atoms. The van der Waals surface area contributed by atoms with Crippen LogP contribution >= 0.6 is 0 Å². The number of nitrogens with one attached hydrogen (secondary N) is 1. The molecule has 3 N–H and O–H groups in total. The summed E-state index contributed by atoms with van der Waals surface area (Å²) < 4.78 is 48.8. The van der Waals surface area contributed by atoms with Gasteiger partial charge in [-0.2, -0.15) is 0 Å². The molecule has 0 radical (unpaired) electrons. The van der Waals surface area contributed by atoms with Gasteiger partial charge < -0.3 is 20.3 Å². The van der Waals surface area contributed by atoms with Crippen molar-refractivity contribution in [2.24, 2.45) is 0 Å². The van der Waals surface area contributed by atoms with Gasteiger partial charge in [0, 0.05) is 18.2 Å². The lowest BCUT2D eigenvalue weighted by atomic mass is 9.83. The number of amides is 1. The second kappa shape index (κ2) is 9.73. The maximum atomic E-state index is 14.4. The molecule has 0 unspecified atom stereocenters. The van der Waals surface area contributed by atoms with Crippen molar-refractivity contribution < 1.29 is 32.9 Å². The van der Waals surface area contributed by atoms with Gasteiger partial charge in [-0.05, 0) is 43.7 Å². The number of ether oxygens (including phenoxy) is 1. The quantitative estimate of drug-likeness (QED) is 0.499. The molecule has 1 aliphatic heterocycles. The van der Waals surface area contributed by atoms with Crippen molar-refractivity contribution in [2.75, 3.05) is 5.32 Å². The molecule has 4 rings (SSSR count). The fourth-order valence-electron chi connectivity index (χ4n) is 4.20. The van der Waals surface area contributed by atoms with E-state index in [2.05, 4.69) is 15.3 Å². The Hall–Kier alpha value is -3.34. The smallest absolute Gasteiger partial charge is 0.274 e. The van der Waals surface area contributed by atoms with E-state index in [0.717, 1.165) is 30.3 Å². The van der Waals surface area contributed by atoms with Crippen LogP contribution < -0.4 is 5.32 Å². The molecular formula is C25H24F3N3O4. The van der Waals surface area contributed by atoms with Gasteiger partial charge in [0.25, 0.3) is 5.91 Å². The maximum absolute atomic E-state index is 14.4. The largest absolute Gasteiger partial charge is 0.390 e. The van der Waals surface area contributed by atoms with E-state index in [1.54, 1.807) is 6.07 Å². The van der Waals surface area contributed by atoms with Crippen LogP contribution in [0.15, 0.2) is 48.8 Å². The van der Waals surface area contributed by atoms with E-state index >= 15 is 0 Å².